The molecular weight excluding hydrogens is 246 g/mol. The Bertz CT molecular complexity index is 620. The first-order chi connectivity index (χ1) is 9.00. The monoisotopic (exact) mass is 261 g/mol. The average molecular weight is 261 g/mol. The van der Waals surface area contributed by atoms with Crippen molar-refractivity contribution in [1.29, 1.82) is 0 Å². The summed E-state index contributed by atoms with van der Waals surface area (Å²) in [6, 6.07) is 5.45. The highest BCUT2D eigenvalue weighted by molar-refractivity contribution is 6.00. The molecule has 0 aliphatic heterocycles. The van der Waals surface area contributed by atoms with E-state index in [0.717, 1.165) is 0 Å². The van der Waals surface area contributed by atoms with Crippen LogP contribution in [0.15, 0.2) is 30.6 Å². The van der Waals surface area contributed by atoms with Gasteiger partial charge in [-0.05, 0) is 12.1 Å². The molecule has 0 bridgehead atoms. The number of fused-ring (bicyclic) bond motifs is 1. The second-order valence-corrected chi connectivity index (χ2v) is 4.51. The number of carboxylic acids is 1. The number of carbonyl (C=O) groups excluding carboxylic acids is 1. The van der Waals surface area contributed by atoms with Crippen molar-refractivity contribution in [3.63, 3.8) is 0 Å². The van der Waals surface area contributed by atoms with E-state index in [0.29, 0.717) is 11.1 Å². The topological polar surface area (TPSA) is 74.9 Å². The van der Waals surface area contributed by atoms with Crippen molar-refractivity contribution in [3.05, 3.63) is 36.2 Å². The molecule has 1 N–H and O–H groups in total. The van der Waals surface area contributed by atoms with Crippen LogP contribution in [0.5, 0.6) is 0 Å². The van der Waals surface area contributed by atoms with Crippen LogP contribution in [-0.4, -0.2) is 45.1 Å². The molecule has 0 radical (unpaired) electrons. The summed E-state index contributed by atoms with van der Waals surface area (Å²) in [6.07, 6.45) is 3.26. The maximum absolute atomic E-state index is 12.3. The van der Waals surface area contributed by atoms with Crippen LogP contribution >= 0.6 is 0 Å². The molecule has 100 valence electrons. The Hall–Kier alpha value is -2.37. The molecule has 0 spiro atoms. The molecule has 2 aromatic heterocycles. The predicted molar refractivity (Wildman–Crippen MR) is 69.0 cm³/mol. The van der Waals surface area contributed by atoms with Crippen molar-refractivity contribution in [2.24, 2.45) is 5.92 Å². The molecule has 6 heteroatoms. The van der Waals surface area contributed by atoms with E-state index in [4.69, 9.17) is 5.11 Å². The predicted octanol–water partition coefficient (Wildman–Crippen LogP) is 1.13. The number of amides is 1. The van der Waals surface area contributed by atoms with E-state index in [1.54, 1.807) is 30.8 Å². The molecule has 6 nitrogen and oxygen atoms in total. The molecule has 1 atom stereocenters. The van der Waals surface area contributed by atoms with Crippen LogP contribution in [0.2, 0.25) is 0 Å². The van der Waals surface area contributed by atoms with E-state index in [2.05, 4.69) is 5.10 Å². The van der Waals surface area contributed by atoms with Crippen LogP contribution in [0.3, 0.4) is 0 Å². The maximum atomic E-state index is 12.3. The smallest absolute Gasteiger partial charge is 0.308 e. The third kappa shape index (κ3) is 2.57. The highest BCUT2D eigenvalue weighted by atomic mass is 16.4. The van der Waals surface area contributed by atoms with E-state index >= 15 is 0 Å². The van der Waals surface area contributed by atoms with Gasteiger partial charge in [-0.2, -0.15) is 5.10 Å². The van der Waals surface area contributed by atoms with Gasteiger partial charge < -0.3 is 10.0 Å². The van der Waals surface area contributed by atoms with Crippen molar-refractivity contribution in [3.8, 4) is 0 Å². The van der Waals surface area contributed by atoms with Gasteiger partial charge in [-0.25, -0.2) is 4.52 Å². The summed E-state index contributed by atoms with van der Waals surface area (Å²) in [5.41, 5.74) is 1.18. The van der Waals surface area contributed by atoms with Crippen LogP contribution in [0.1, 0.15) is 17.3 Å². The Kier molecular flexibility index (Phi) is 3.50. The van der Waals surface area contributed by atoms with E-state index in [9.17, 15) is 9.59 Å². The first-order valence-corrected chi connectivity index (χ1v) is 5.91. The van der Waals surface area contributed by atoms with Crippen LogP contribution < -0.4 is 0 Å². The largest absolute Gasteiger partial charge is 0.481 e. The van der Waals surface area contributed by atoms with E-state index in [1.807, 2.05) is 12.1 Å². The van der Waals surface area contributed by atoms with Crippen LogP contribution in [0, 0.1) is 5.92 Å². The Balaban J connectivity index is 2.22. The average Bonchev–Trinajstić information content (AvgIpc) is 2.81. The van der Waals surface area contributed by atoms with E-state index < -0.39 is 11.9 Å². The van der Waals surface area contributed by atoms with Gasteiger partial charge in [-0.3, -0.25) is 9.59 Å². The molecule has 0 aromatic carbocycles. The Morgan fingerprint density at radius 2 is 2.21 bits per heavy atom. The number of aromatic nitrogens is 2. The molecule has 2 aromatic rings. The zero-order chi connectivity index (χ0) is 14.0. The summed E-state index contributed by atoms with van der Waals surface area (Å²) in [5, 5.41) is 12.9. The summed E-state index contributed by atoms with van der Waals surface area (Å²) >= 11 is 0. The Morgan fingerprint density at radius 1 is 1.47 bits per heavy atom. The number of carbonyl (C=O) groups is 2. The number of rotatable bonds is 4. The lowest BCUT2D eigenvalue weighted by atomic mass is 10.1. The molecular formula is C13H15N3O3. The molecule has 1 amide bonds. The lowest BCUT2D eigenvalue weighted by Gasteiger charge is -2.18. The van der Waals surface area contributed by atoms with Gasteiger partial charge in [0.2, 0.25) is 0 Å². The standard InChI is InChI=1S/C13H15N3O3/c1-9(13(18)19)8-15(2)12(17)10-7-14-16-6-4-3-5-11(10)16/h3-7,9H,8H2,1-2H3,(H,18,19). The maximum Gasteiger partial charge on any atom is 0.308 e. The number of aliphatic carboxylic acids is 1. The lowest BCUT2D eigenvalue weighted by molar-refractivity contribution is -0.141. The highest BCUT2D eigenvalue weighted by Crippen LogP contribution is 2.13. The Labute approximate surface area is 110 Å². The van der Waals surface area contributed by atoms with Gasteiger partial charge in [-0.15, -0.1) is 0 Å². The van der Waals surface area contributed by atoms with Gasteiger partial charge in [0.25, 0.3) is 5.91 Å². The quantitative estimate of drug-likeness (QED) is 0.895. The van der Waals surface area contributed by atoms with Crippen molar-refractivity contribution in [2.45, 2.75) is 6.92 Å². The molecule has 2 rings (SSSR count). The fourth-order valence-electron chi connectivity index (χ4n) is 1.88. The third-order valence-electron chi connectivity index (χ3n) is 2.97. The van der Waals surface area contributed by atoms with Gasteiger partial charge in [0.05, 0.1) is 23.2 Å². The minimum Gasteiger partial charge on any atom is -0.481 e. The molecule has 0 saturated heterocycles. The fraction of sp³-hybridized carbons (Fsp3) is 0.308. The van der Waals surface area contributed by atoms with Crippen molar-refractivity contribution >= 4 is 17.4 Å². The summed E-state index contributed by atoms with van der Waals surface area (Å²) < 4.78 is 1.61. The van der Waals surface area contributed by atoms with Crippen LogP contribution in [0.4, 0.5) is 0 Å². The molecule has 2 heterocycles. The normalized spacial score (nSPS) is 12.3. The van der Waals surface area contributed by atoms with Crippen molar-refractivity contribution in [2.75, 3.05) is 13.6 Å². The molecule has 0 fully saturated rings. The Morgan fingerprint density at radius 3 is 2.89 bits per heavy atom. The summed E-state index contributed by atoms with van der Waals surface area (Å²) in [7, 11) is 1.59. The second kappa shape index (κ2) is 5.09. The summed E-state index contributed by atoms with van der Waals surface area (Å²) in [5.74, 6) is -1.75. The lowest BCUT2D eigenvalue weighted by Crippen LogP contribution is -2.33. The molecule has 0 aliphatic carbocycles. The van der Waals surface area contributed by atoms with E-state index in [-0.39, 0.29) is 12.5 Å². The third-order valence-corrected chi connectivity index (χ3v) is 2.97. The first-order valence-electron chi connectivity index (χ1n) is 5.91. The number of nitrogens with zero attached hydrogens (tertiary/aromatic N) is 3. The first kappa shape index (κ1) is 13.1. The van der Waals surface area contributed by atoms with Gasteiger partial charge >= 0.3 is 5.97 Å². The van der Waals surface area contributed by atoms with Crippen molar-refractivity contribution < 1.29 is 14.7 Å². The molecule has 19 heavy (non-hydrogen) atoms. The molecule has 1 unspecified atom stereocenters. The minimum absolute atomic E-state index is 0.165. The number of hydrogen-bond donors (Lipinski definition) is 1. The number of carboxylic acid groups (broad SMARTS) is 1. The highest BCUT2D eigenvalue weighted by Gasteiger charge is 2.20. The fourth-order valence-corrected chi connectivity index (χ4v) is 1.88. The second-order valence-electron chi connectivity index (χ2n) is 4.51. The van der Waals surface area contributed by atoms with Gasteiger partial charge in [0, 0.05) is 19.8 Å². The van der Waals surface area contributed by atoms with Gasteiger partial charge in [0.15, 0.2) is 0 Å². The zero-order valence-electron chi connectivity index (χ0n) is 10.8. The summed E-state index contributed by atoms with van der Waals surface area (Å²) in [4.78, 5) is 24.5. The van der Waals surface area contributed by atoms with Crippen molar-refractivity contribution in [1.82, 2.24) is 14.5 Å². The van der Waals surface area contributed by atoms with Crippen LogP contribution in [0.25, 0.3) is 5.52 Å². The molecule has 0 aliphatic rings. The summed E-state index contributed by atoms with van der Waals surface area (Å²) in [6.45, 7) is 1.74. The van der Waals surface area contributed by atoms with Gasteiger partial charge in [0.1, 0.15) is 0 Å². The van der Waals surface area contributed by atoms with Crippen LogP contribution in [-0.2, 0) is 4.79 Å². The van der Waals surface area contributed by atoms with E-state index in [1.165, 1.54) is 11.1 Å². The molecule has 0 saturated carbocycles. The minimum atomic E-state index is -0.917. The SMILES string of the molecule is CC(CN(C)C(=O)c1cnn2ccccc12)C(=O)O. The number of hydrogen-bond acceptors (Lipinski definition) is 3. The van der Waals surface area contributed by atoms with Gasteiger partial charge in [-0.1, -0.05) is 13.0 Å². The number of pyridine rings is 1. The zero-order valence-corrected chi connectivity index (χ0v) is 10.8.